The Hall–Kier alpha value is -0.570. The van der Waals surface area contributed by atoms with Gasteiger partial charge >= 0.3 is 5.97 Å². The lowest BCUT2D eigenvalue weighted by molar-refractivity contribution is -0.177. The molecule has 0 bridgehead atoms. The largest absolute Gasteiger partial charge is 0.480 e. The van der Waals surface area contributed by atoms with Crippen molar-refractivity contribution >= 4 is 5.97 Å². The van der Waals surface area contributed by atoms with Crippen LogP contribution < -0.4 is 0 Å². The van der Waals surface area contributed by atoms with E-state index in [9.17, 15) is 4.79 Å². The first-order valence-corrected chi connectivity index (χ1v) is 5.66. The fraction of sp³-hybridized carbons (Fsp3) is 0.909. The fourth-order valence-electron chi connectivity index (χ4n) is 2.91. The first kappa shape index (κ1) is 9.97. The topological polar surface area (TPSA) is 40.5 Å². The fourth-order valence-corrected chi connectivity index (χ4v) is 2.91. The van der Waals surface area contributed by atoms with Gasteiger partial charge in [-0.15, -0.1) is 0 Å². The van der Waals surface area contributed by atoms with Crippen LogP contribution in [0.3, 0.4) is 0 Å². The van der Waals surface area contributed by atoms with Gasteiger partial charge in [0.15, 0.2) is 0 Å². The molecule has 3 heteroatoms. The summed E-state index contributed by atoms with van der Waals surface area (Å²) in [6.07, 6.45) is 5.76. The van der Waals surface area contributed by atoms with Crippen molar-refractivity contribution in [2.24, 2.45) is 5.41 Å². The Morgan fingerprint density at radius 3 is 2.71 bits per heavy atom. The van der Waals surface area contributed by atoms with Crippen molar-refractivity contribution in [2.45, 2.75) is 45.1 Å². The number of carbonyl (C=O) groups is 1. The van der Waals surface area contributed by atoms with E-state index in [2.05, 4.69) is 11.8 Å². The molecule has 1 atom stereocenters. The molecule has 1 aliphatic heterocycles. The van der Waals surface area contributed by atoms with Gasteiger partial charge in [0.2, 0.25) is 0 Å². The summed E-state index contributed by atoms with van der Waals surface area (Å²) >= 11 is 0. The van der Waals surface area contributed by atoms with E-state index in [1.54, 1.807) is 0 Å². The van der Waals surface area contributed by atoms with Crippen LogP contribution in [0.25, 0.3) is 0 Å². The Morgan fingerprint density at radius 2 is 2.29 bits per heavy atom. The molecule has 2 rings (SSSR count). The van der Waals surface area contributed by atoms with Crippen LogP contribution >= 0.6 is 0 Å². The molecule has 0 aromatic carbocycles. The maximum Gasteiger partial charge on any atom is 0.321 e. The monoisotopic (exact) mass is 197 g/mol. The maximum absolute atomic E-state index is 11.1. The maximum atomic E-state index is 11.1. The summed E-state index contributed by atoms with van der Waals surface area (Å²) in [6.45, 7) is 4.15. The summed E-state index contributed by atoms with van der Waals surface area (Å²) in [5.41, 5.74) is 0.180. The average Bonchev–Trinajstić information content (AvgIpc) is 1.98. The van der Waals surface area contributed by atoms with Crippen LogP contribution in [-0.4, -0.2) is 35.1 Å². The first-order chi connectivity index (χ1) is 6.69. The summed E-state index contributed by atoms with van der Waals surface area (Å²) in [5, 5.41) is 9.16. The average molecular weight is 197 g/mol. The van der Waals surface area contributed by atoms with Gasteiger partial charge < -0.3 is 5.11 Å². The van der Waals surface area contributed by atoms with Crippen molar-refractivity contribution in [3.05, 3.63) is 0 Å². The third-order valence-electron chi connectivity index (χ3n) is 3.85. The molecule has 1 spiro atoms. The molecule has 80 valence electrons. The molecule has 0 aromatic heterocycles. The smallest absolute Gasteiger partial charge is 0.321 e. The van der Waals surface area contributed by atoms with Crippen LogP contribution in [0.2, 0.25) is 0 Å². The molecule has 1 saturated heterocycles. The quantitative estimate of drug-likeness (QED) is 0.746. The number of likely N-dealkylation sites (tertiary alicyclic amines) is 1. The standard InChI is InChI=1S/C11H19NO2/c1-2-3-7-12-8-11(5-4-6-11)9(12)10(13)14/h9H,2-8H2,1H3,(H,13,14). The molecule has 1 heterocycles. The number of hydrogen-bond donors (Lipinski definition) is 1. The minimum absolute atomic E-state index is 0.164. The van der Waals surface area contributed by atoms with Gasteiger partial charge in [-0.1, -0.05) is 19.8 Å². The predicted octanol–water partition coefficient (Wildman–Crippen LogP) is 1.73. The molecule has 1 unspecified atom stereocenters. The zero-order valence-electron chi connectivity index (χ0n) is 8.83. The Kier molecular flexibility index (Phi) is 2.52. The molecule has 3 nitrogen and oxygen atoms in total. The number of rotatable bonds is 4. The second-order valence-electron chi connectivity index (χ2n) is 4.78. The zero-order chi connectivity index (χ0) is 10.2. The summed E-state index contributed by atoms with van der Waals surface area (Å²) in [5.74, 6) is -0.605. The van der Waals surface area contributed by atoms with Crippen LogP contribution in [0.4, 0.5) is 0 Å². The molecule has 1 N–H and O–H groups in total. The van der Waals surface area contributed by atoms with Gasteiger partial charge in [-0.3, -0.25) is 9.69 Å². The Morgan fingerprint density at radius 1 is 1.57 bits per heavy atom. The van der Waals surface area contributed by atoms with Crippen molar-refractivity contribution in [1.82, 2.24) is 4.90 Å². The molecular weight excluding hydrogens is 178 g/mol. The molecule has 1 saturated carbocycles. The Balaban J connectivity index is 1.92. The van der Waals surface area contributed by atoms with Crippen molar-refractivity contribution in [1.29, 1.82) is 0 Å². The molecule has 2 fully saturated rings. The van der Waals surface area contributed by atoms with Gasteiger partial charge in [0.1, 0.15) is 6.04 Å². The van der Waals surface area contributed by atoms with Crippen LogP contribution in [0.1, 0.15) is 39.0 Å². The van der Waals surface area contributed by atoms with Gasteiger partial charge in [0.05, 0.1) is 0 Å². The van der Waals surface area contributed by atoms with Crippen LogP contribution in [-0.2, 0) is 4.79 Å². The number of hydrogen-bond acceptors (Lipinski definition) is 2. The Labute approximate surface area is 85.1 Å². The molecule has 14 heavy (non-hydrogen) atoms. The molecular formula is C11H19NO2. The molecule has 0 radical (unpaired) electrons. The minimum Gasteiger partial charge on any atom is -0.480 e. The van der Waals surface area contributed by atoms with Gasteiger partial charge in [-0.05, 0) is 25.8 Å². The molecule has 2 aliphatic rings. The van der Waals surface area contributed by atoms with Crippen LogP contribution in [0.15, 0.2) is 0 Å². The molecule has 0 amide bonds. The lowest BCUT2D eigenvalue weighted by Gasteiger charge is -2.60. The van der Waals surface area contributed by atoms with E-state index in [1.165, 1.54) is 6.42 Å². The highest BCUT2D eigenvalue weighted by molar-refractivity contribution is 5.76. The van der Waals surface area contributed by atoms with Crippen LogP contribution in [0.5, 0.6) is 0 Å². The lowest BCUT2D eigenvalue weighted by atomic mass is 9.58. The highest BCUT2D eigenvalue weighted by Crippen LogP contribution is 2.53. The SMILES string of the molecule is CCCCN1CC2(CCC2)C1C(=O)O. The number of nitrogens with zero attached hydrogens (tertiary/aromatic N) is 1. The van der Waals surface area contributed by atoms with Crippen molar-refractivity contribution < 1.29 is 9.90 Å². The second-order valence-corrected chi connectivity index (χ2v) is 4.78. The van der Waals surface area contributed by atoms with E-state index < -0.39 is 5.97 Å². The summed E-state index contributed by atoms with van der Waals surface area (Å²) < 4.78 is 0. The molecule has 1 aliphatic carbocycles. The van der Waals surface area contributed by atoms with E-state index in [1.807, 2.05) is 0 Å². The van der Waals surface area contributed by atoms with Gasteiger partial charge in [-0.2, -0.15) is 0 Å². The highest BCUT2D eigenvalue weighted by Gasteiger charge is 2.58. The van der Waals surface area contributed by atoms with E-state index >= 15 is 0 Å². The number of carboxylic acids is 1. The van der Waals surface area contributed by atoms with Crippen molar-refractivity contribution in [3.8, 4) is 0 Å². The third kappa shape index (κ3) is 1.34. The van der Waals surface area contributed by atoms with Crippen molar-refractivity contribution in [2.75, 3.05) is 13.1 Å². The number of aliphatic carboxylic acids is 1. The summed E-state index contributed by atoms with van der Waals surface area (Å²) in [6, 6.07) is -0.164. The Bertz CT molecular complexity index is 235. The lowest BCUT2D eigenvalue weighted by Crippen LogP contribution is -2.70. The minimum atomic E-state index is -0.605. The zero-order valence-corrected chi connectivity index (χ0v) is 8.83. The predicted molar refractivity (Wildman–Crippen MR) is 54.2 cm³/mol. The van der Waals surface area contributed by atoms with Crippen molar-refractivity contribution in [3.63, 3.8) is 0 Å². The normalized spacial score (nSPS) is 29.6. The van der Waals surface area contributed by atoms with Gasteiger partial charge in [0, 0.05) is 12.0 Å². The van der Waals surface area contributed by atoms with E-state index in [0.717, 1.165) is 38.8 Å². The van der Waals surface area contributed by atoms with Gasteiger partial charge in [0.25, 0.3) is 0 Å². The van der Waals surface area contributed by atoms with E-state index in [-0.39, 0.29) is 11.5 Å². The summed E-state index contributed by atoms with van der Waals surface area (Å²) in [7, 11) is 0. The van der Waals surface area contributed by atoms with E-state index in [0.29, 0.717) is 0 Å². The van der Waals surface area contributed by atoms with Gasteiger partial charge in [-0.25, -0.2) is 0 Å². The highest BCUT2D eigenvalue weighted by atomic mass is 16.4. The third-order valence-corrected chi connectivity index (χ3v) is 3.85. The molecule has 0 aromatic rings. The number of carboxylic acid groups (broad SMARTS) is 1. The summed E-state index contributed by atoms with van der Waals surface area (Å²) in [4.78, 5) is 13.3. The van der Waals surface area contributed by atoms with E-state index in [4.69, 9.17) is 5.11 Å². The van der Waals surface area contributed by atoms with Crippen LogP contribution in [0, 0.1) is 5.41 Å². The second kappa shape index (κ2) is 3.54. The first-order valence-electron chi connectivity index (χ1n) is 5.66. The number of unbranched alkanes of at least 4 members (excludes halogenated alkanes) is 1.